The Morgan fingerprint density at radius 2 is 2.00 bits per heavy atom. The quantitative estimate of drug-likeness (QED) is 0.476. The van der Waals surface area contributed by atoms with Gasteiger partial charge in [-0.25, -0.2) is 9.59 Å². The maximum absolute atomic E-state index is 12.7. The number of β-lactam (4-membered cyclic amide) rings is 1. The third kappa shape index (κ3) is 4.92. The van der Waals surface area contributed by atoms with E-state index < -0.39 is 42.3 Å². The van der Waals surface area contributed by atoms with Crippen LogP contribution in [0.2, 0.25) is 0 Å². The molecule has 10 nitrogen and oxygen atoms in total. The third-order valence-electron chi connectivity index (χ3n) is 3.66. The van der Waals surface area contributed by atoms with Gasteiger partial charge < -0.3 is 29.5 Å². The Balaban J connectivity index is 2.13. The maximum atomic E-state index is 12.7. The second-order valence-corrected chi connectivity index (χ2v) is 7.87. The number of fused-ring (bicyclic) bond motifs is 1. The number of ether oxygens (including phenoxy) is 3. The van der Waals surface area contributed by atoms with Crippen LogP contribution >= 0.6 is 11.8 Å². The standard InChI is InChI=1S/C16H22N2O8S/c1-16(2,3)26-14(22)10-8(6-25-15(23)17-5-9(19)20)7-27-13-11(24-4)12(21)18(10)13/h7,10-11,13H,5-6H2,1-4H3,(H,17,23)(H,19,20)/t10?,11-,13?/m1/s1. The van der Waals surface area contributed by atoms with Gasteiger partial charge in [-0.2, -0.15) is 0 Å². The highest BCUT2D eigenvalue weighted by Crippen LogP contribution is 2.41. The zero-order valence-electron chi connectivity index (χ0n) is 15.4. The van der Waals surface area contributed by atoms with Crippen LogP contribution in [-0.2, 0) is 28.6 Å². The highest BCUT2D eigenvalue weighted by molar-refractivity contribution is 8.02. The second-order valence-electron chi connectivity index (χ2n) is 6.88. The van der Waals surface area contributed by atoms with Gasteiger partial charge in [-0.3, -0.25) is 9.59 Å². The van der Waals surface area contributed by atoms with Crippen molar-refractivity contribution in [2.75, 3.05) is 20.3 Å². The normalized spacial score (nSPS) is 24.3. The van der Waals surface area contributed by atoms with Crippen molar-refractivity contribution >= 4 is 35.7 Å². The average Bonchev–Trinajstić information content (AvgIpc) is 2.56. The van der Waals surface area contributed by atoms with Crippen molar-refractivity contribution in [3.8, 4) is 0 Å². The molecule has 2 amide bonds. The minimum absolute atomic E-state index is 0.295. The number of thioether (sulfide) groups is 1. The van der Waals surface area contributed by atoms with Gasteiger partial charge in [0.05, 0.1) is 0 Å². The molecule has 150 valence electrons. The zero-order chi connectivity index (χ0) is 20.4. The molecule has 2 N–H and O–H groups in total. The van der Waals surface area contributed by atoms with E-state index in [1.54, 1.807) is 26.2 Å². The van der Waals surface area contributed by atoms with Gasteiger partial charge in [-0.05, 0) is 26.2 Å². The molecule has 11 heteroatoms. The molecule has 27 heavy (non-hydrogen) atoms. The molecule has 0 bridgehead atoms. The molecule has 0 aliphatic carbocycles. The lowest BCUT2D eigenvalue weighted by atomic mass is 9.99. The third-order valence-corrected chi connectivity index (χ3v) is 4.85. The van der Waals surface area contributed by atoms with E-state index in [-0.39, 0.29) is 17.9 Å². The lowest BCUT2D eigenvalue weighted by Crippen LogP contribution is -2.70. The van der Waals surface area contributed by atoms with Crippen molar-refractivity contribution in [3.05, 3.63) is 11.0 Å². The van der Waals surface area contributed by atoms with Crippen LogP contribution in [0.4, 0.5) is 4.79 Å². The Bertz CT molecular complexity index is 672. The highest BCUT2D eigenvalue weighted by Gasteiger charge is 2.56. The molecule has 0 spiro atoms. The minimum atomic E-state index is -1.22. The number of rotatable bonds is 6. The molecule has 2 unspecified atom stereocenters. The van der Waals surface area contributed by atoms with E-state index >= 15 is 0 Å². The van der Waals surface area contributed by atoms with Crippen LogP contribution in [0.15, 0.2) is 11.0 Å². The van der Waals surface area contributed by atoms with E-state index in [0.717, 1.165) is 0 Å². The number of carboxylic acids is 1. The van der Waals surface area contributed by atoms with Crippen molar-refractivity contribution in [2.45, 2.75) is 43.9 Å². The molecule has 0 radical (unpaired) electrons. The largest absolute Gasteiger partial charge is 0.480 e. The highest BCUT2D eigenvalue weighted by atomic mass is 32.2. The molecule has 2 aliphatic rings. The second kappa shape index (κ2) is 8.17. The number of hydrogen-bond acceptors (Lipinski definition) is 8. The fourth-order valence-corrected chi connectivity index (χ4v) is 3.81. The van der Waals surface area contributed by atoms with E-state index in [0.29, 0.717) is 5.57 Å². The number of alkyl carbamates (subject to hydrolysis) is 1. The first-order valence-corrected chi connectivity index (χ1v) is 9.04. The minimum Gasteiger partial charge on any atom is -0.480 e. The summed E-state index contributed by atoms with van der Waals surface area (Å²) in [4.78, 5) is 48.4. The van der Waals surface area contributed by atoms with E-state index in [2.05, 4.69) is 5.32 Å². The Morgan fingerprint density at radius 3 is 2.56 bits per heavy atom. The summed E-state index contributed by atoms with van der Waals surface area (Å²) in [6.07, 6.45) is -1.60. The van der Waals surface area contributed by atoms with Crippen molar-refractivity contribution in [1.29, 1.82) is 0 Å². The lowest BCUT2D eigenvalue weighted by Gasteiger charge is -2.51. The summed E-state index contributed by atoms with van der Waals surface area (Å²) in [5.41, 5.74) is -0.407. The summed E-state index contributed by atoms with van der Waals surface area (Å²) < 4.78 is 15.5. The van der Waals surface area contributed by atoms with Crippen molar-refractivity contribution in [3.63, 3.8) is 0 Å². The predicted molar refractivity (Wildman–Crippen MR) is 93.7 cm³/mol. The first-order valence-electron chi connectivity index (χ1n) is 8.10. The number of hydrogen-bond donors (Lipinski definition) is 2. The first kappa shape index (κ1) is 21.0. The van der Waals surface area contributed by atoms with Gasteiger partial charge in [0.15, 0.2) is 12.1 Å². The van der Waals surface area contributed by atoms with Crippen molar-refractivity contribution < 1.29 is 38.5 Å². The molecule has 0 aromatic carbocycles. The number of aliphatic carboxylic acids is 1. The molecule has 2 aliphatic heterocycles. The molecule has 0 aromatic heterocycles. The van der Waals surface area contributed by atoms with Gasteiger partial charge in [-0.1, -0.05) is 0 Å². The zero-order valence-corrected chi connectivity index (χ0v) is 16.2. The van der Waals surface area contributed by atoms with Gasteiger partial charge >= 0.3 is 18.0 Å². The van der Waals surface area contributed by atoms with Gasteiger partial charge in [-0.15, -0.1) is 11.8 Å². The molecule has 2 rings (SSSR count). The molecule has 2 heterocycles. The van der Waals surface area contributed by atoms with Crippen LogP contribution in [-0.4, -0.2) is 77.3 Å². The Hall–Kier alpha value is -2.27. The van der Waals surface area contributed by atoms with Crippen LogP contribution in [0.25, 0.3) is 0 Å². The lowest BCUT2D eigenvalue weighted by molar-refractivity contribution is -0.178. The van der Waals surface area contributed by atoms with Gasteiger partial charge in [0, 0.05) is 12.7 Å². The number of nitrogens with zero attached hydrogens (tertiary/aromatic N) is 1. The number of amides is 2. The number of carbonyl (C=O) groups is 4. The molecular formula is C16H22N2O8S. The van der Waals surface area contributed by atoms with E-state index in [4.69, 9.17) is 19.3 Å². The topological polar surface area (TPSA) is 131 Å². The predicted octanol–water partition coefficient (Wildman–Crippen LogP) is 0.322. The average molecular weight is 402 g/mol. The number of nitrogens with one attached hydrogen (secondary N) is 1. The Labute approximate surface area is 160 Å². The van der Waals surface area contributed by atoms with E-state index in [9.17, 15) is 19.2 Å². The molecule has 0 saturated carbocycles. The van der Waals surface area contributed by atoms with Gasteiger partial charge in [0.25, 0.3) is 5.91 Å². The van der Waals surface area contributed by atoms with Crippen LogP contribution in [0.5, 0.6) is 0 Å². The van der Waals surface area contributed by atoms with Gasteiger partial charge in [0.1, 0.15) is 24.1 Å². The van der Waals surface area contributed by atoms with Crippen LogP contribution in [0, 0.1) is 0 Å². The smallest absolute Gasteiger partial charge is 0.407 e. The number of carbonyl (C=O) groups excluding carboxylic acids is 3. The van der Waals surface area contributed by atoms with E-state index in [1.165, 1.54) is 23.8 Å². The number of carboxylic acid groups (broad SMARTS) is 1. The fourth-order valence-electron chi connectivity index (χ4n) is 2.57. The van der Waals surface area contributed by atoms with Gasteiger partial charge in [0.2, 0.25) is 0 Å². The summed E-state index contributed by atoms with van der Waals surface area (Å²) in [5.74, 6) is -2.21. The fraction of sp³-hybridized carbons (Fsp3) is 0.625. The van der Waals surface area contributed by atoms with Crippen LogP contribution in [0.3, 0.4) is 0 Å². The molecular weight excluding hydrogens is 380 g/mol. The number of methoxy groups -OCH3 is 1. The summed E-state index contributed by atoms with van der Waals surface area (Å²) in [6.45, 7) is 4.22. The summed E-state index contributed by atoms with van der Waals surface area (Å²) in [5, 5.41) is 11.9. The Kier molecular flexibility index (Phi) is 6.37. The molecule has 1 fully saturated rings. The summed E-state index contributed by atoms with van der Waals surface area (Å²) in [6, 6.07) is -1.04. The molecule has 0 aromatic rings. The van der Waals surface area contributed by atoms with Crippen molar-refractivity contribution in [1.82, 2.24) is 10.2 Å². The maximum Gasteiger partial charge on any atom is 0.407 e. The monoisotopic (exact) mass is 402 g/mol. The SMILES string of the molecule is CO[C@@H]1C(=O)N2C(C(=O)OC(C)(C)C)C(COC(=O)NCC(=O)O)=CSC12. The van der Waals surface area contributed by atoms with Crippen molar-refractivity contribution in [2.24, 2.45) is 0 Å². The first-order chi connectivity index (χ1) is 12.5. The van der Waals surface area contributed by atoms with Crippen LogP contribution in [0.1, 0.15) is 20.8 Å². The summed E-state index contributed by atoms with van der Waals surface area (Å²) in [7, 11) is 1.41. The van der Waals surface area contributed by atoms with Crippen LogP contribution < -0.4 is 5.32 Å². The summed E-state index contributed by atoms with van der Waals surface area (Å²) >= 11 is 1.27. The Morgan fingerprint density at radius 1 is 1.33 bits per heavy atom. The molecule has 3 atom stereocenters. The number of esters is 1. The molecule has 1 saturated heterocycles. The van der Waals surface area contributed by atoms with E-state index in [1.807, 2.05) is 0 Å².